The van der Waals surface area contributed by atoms with E-state index in [-0.39, 0.29) is 23.4 Å². The zero-order valence-corrected chi connectivity index (χ0v) is 34.8. The third kappa shape index (κ3) is 15.1. The molecule has 4 aromatic carbocycles. The number of hydrazone groups is 1. The smallest absolute Gasteiger partial charge is 0.343 e. The number of fused-ring (bicyclic) bond motifs is 1. The Kier molecular flexibility index (Phi) is 18.4. The average Bonchev–Trinajstić information content (AvgIpc) is 3.69. The van der Waals surface area contributed by atoms with E-state index in [1.165, 1.54) is 17.6 Å². The second-order valence-corrected chi connectivity index (χ2v) is 14.6. The normalized spacial score (nSPS) is 11.0. The van der Waals surface area contributed by atoms with Crippen molar-refractivity contribution in [2.75, 3.05) is 31.9 Å². The molecule has 60 heavy (non-hydrogen) atoms. The third-order valence-electron chi connectivity index (χ3n) is 8.95. The lowest BCUT2D eigenvalue weighted by Gasteiger charge is -2.11. The quantitative estimate of drug-likeness (QED) is 0.0195. The van der Waals surface area contributed by atoms with E-state index in [1.807, 2.05) is 24.3 Å². The van der Waals surface area contributed by atoms with E-state index < -0.39 is 11.9 Å². The molecule has 0 aliphatic carbocycles. The molecule has 0 radical (unpaired) electrons. The van der Waals surface area contributed by atoms with Crippen molar-refractivity contribution in [3.8, 4) is 23.0 Å². The maximum absolute atomic E-state index is 13.3. The highest BCUT2D eigenvalue weighted by atomic mass is 32.1. The van der Waals surface area contributed by atoms with Crippen LogP contribution in [-0.4, -0.2) is 61.5 Å². The average molecular weight is 838 g/mol. The van der Waals surface area contributed by atoms with Crippen LogP contribution in [0.1, 0.15) is 104 Å². The van der Waals surface area contributed by atoms with E-state index in [0.717, 1.165) is 61.6 Å². The van der Waals surface area contributed by atoms with Crippen molar-refractivity contribution in [3.05, 3.63) is 108 Å². The summed E-state index contributed by atoms with van der Waals surface area (Å²) in [7, 11) is 0. The van der Waals surface area contributed by atoms with Crippen molar-refractivity contribution < 1.29 is 47.6 Å². The van der Waals surface area contributed by atoms with Crippen LogP contribution in [0.2, 0.25) is 0 Å². The van der Waals surface area contributed by atoms with Crippen LogP contribution in [0.4, 0.5) is 5.13 Å². The number of nitrogens with zero attached hydrogens (tertiary/aromatic N) is 2. The first kappa shape index (κ1) is 44.8. The third-order valence-corrected chi connectivity index (χ3v) is 9.89. The Hall–Kier alpha value is -6.28. The van der Waals surface area contributed by atoms with E-state index >= 15 is 0 Å². The molecule has 0 spiro atoms. The number of esters is 4. The monoisotopic (exact) mass is 837 g/mol. The molecule has 316 valence electrons. The van der Waals surface area contributed by atoms with E-state index in [2.05, 4.69) is 15.5 Å². The number of nitrogens with one attached hydrogen (secondary N) is 1. The van der Waals surface area contributed by atoms with Gasteiger partial charge < -0.3 is 28.4 Å². The zero-order valence-electron chi connectivity index (χ0n) is 34.0. The summed E-state index contributed by atoms with van der Waals surface area (Å²) in [6.07, 6.45) is 9.35. The number of carbonyl (C=O) groups is 4. The van der Waals surface area contributed by atoms with E-state index in [4.69, 9.17) is 28.4 Å². The molecule has 0 fully saturated rings. The molecule has 13 nitrogen and oxygen atoms in total. The Balaban J connectivity index is 1.15. The lowest BCUT2D eigenvalue weighted by Crippen LogP contribution is -2.11. The van der Waals surface area contributed by atoms with Gasteiger partial charge in [0.15, 0.2) is 0 Å². The van der Waals surface area contributed by atoms with Gasteiger partial charge in [-0.3, -0.25) is 15.0 Å². The summed E-state index contributed by atoms with van der Waals surface area (Å²) in [6.45, 7) is 5.48. The summed E-state index contributed by atoms with van der Waals surface area (Å²) >= 11 is 1.44. The van der Waals surface area contributed by atoms with Gasteiger partial charge in [0.05, 0.1) is 54.0 Å². The maximum Gasteiger partial charge on any atom is 0.343 e. The van der Waals surface area contributed by atoms with Gasteiger partial charge in [-0.15, -0.1) is 0 Å². The molecule has 0 bridgehead atoms. The summed E-state index contributed by atoms with van der Waals surface area (Å²) in [5.41, 5.74) is 4.78. The fraction of sp³-hybridized carbons (Fsp3) is 0.348. The Labute approximate surface area is 354 Å². The van der Waals surface area contributed by atoms with Crippen molar-refractivity contribution in [1.29, 1.82) is 0 Å². The minimum Gasteiger partial charge on any atom is -0.494 e. The fourth-order valence-electron chi connectivity index (χ4n) is 5.63. The Morgan fingerprint density at radius 1 is 0.617 bits per heavy atom. The van der Waals surface area contributed by atoms with E-state index in [1.54, 1.807) is 80.6 Å². The lowest BCUT2D eigenvalue weighted by molar-refractivity contribution is -0.144. The number of anilines is 1. The first-order valence-corrected chi connectivity index (χ1v) is 21.1. The predicted molar refractivity (Wildman–Crippen MR) is 231 cm³/mol. The zero-order chi connectivity index (χ0) is 42.4. The molecule has 5 rings (SSSR count). The largest absolute Gasteiger partial charge is 0.494 e. The molecule has 14 heteroatoms. The molecule has 0 aliphatic heterocycles. The van der Waals surface area contributed by atoms with Crippen LogP contribution in [-0.2, 0) is 19.1 Å². The lowest BCUT2D eigenvalue weighted by atomic mass is 10.2. The Morgan fingerprint density at radius 2 is 1.13 bits per heavy atom. The topological polar surface area (TPSA) is 161 Å². The Bertz CT molecular complexity index is 2140. The number of thiazole rings is 1. The highest BCUT2D eigenvalue weighted by molar-refractivity contribution is 7.22. The number of benzene rings is 4. The van der Waals surface area contributed by atoms with Crippen LogP contribution in [0.15, 0.2) is 96.1 Å². The van der Waals surface area contributed by atoms with Crippen molar-refractivity contribution in [2.45, 2.75) is 78.1 Å². The molecule has 1 heterocycles. The van der Waals surface area contributed by atoms with E-state index in [0.29, 0.717) is 72.6 Å². The van der Waals surface area contributed by atoms with Gasteiger partial charge in [0.1, 0.15) is 23.0 Å². The summed E-state index contributed by atoms with van der Waals surface area (Å²) in [6, 6.07) is 25.8. The molecule has 0 atom stereocenters. The maximum atomic E-state index is 13.3. The second kappa shape index (κ2) is 24.6. The summed E-state index contributed by atoms with van der Waals surface area (Å²) in [5.74, 6) is 0.133. The minimum atomic E-state index is -0.596. The van der Waals surface area contributed by atoms with Crippen LogP contribution >= 0.6 is 11.3 Å². The standard InChI is InChI=1S/C46H51N3O10S/c1-3-42(50)56-29-13-7-5-11-27-54-36-21-17-33(18-22-36)44(52)58-38-25-26-40(35(31-38)32-47-49-46-48-39-15-9-10-16-41(39)60-46)59-45(53)34-19-23-37(24-20-34)55-28-12-6-8-14-30-57-43(51)4-2/h9-10,15-26,31-32H,3-8,11-14,27-30H2,1-2H3,(H,48,49)/b47-32+. The summed E-state index contributed by atoms with van der Waals surface area (Å²) in [4.78, 5) is 53.4. The van der Waals surface area contributed by atoms with Crippen LogP contribution in [0, 0.1) is 0 Å². The number of hydrogen-bond acceptors (Lipinski definition) is 14. The molecule has 0 aliphatic rings. The van der Waals surface area contributed by atoms with Crippen LogP contribution in [0.5, 0.6) is 23.0 Å². The van der Waals surface area contributed by atoms with Gasteiger partial charge >= 0.3 is 23.9 Å². The van der Waals surface area contributed by atoms with Gasteiger partial charge in [-0.2, -0.15) is 5.10 Å². The number of unbranched alkanes of at least 4 members (excludes halogenated alkanes) is 6. The van der Waals surface area contributed by atoms with Crippen LogP contribution in [0.3, 0.4) is 0 Å². The van der Waals surface area contributed by atoms with Crippen molar-refractivity contribution in [1.82, 2.24) is 4.98 Å². The number of rotatable bonds is 25. The molecule has 1 aromatic heterocycles. The number of aromatic nitrogens is 1. The molecular formula is C46H51N3O10S. The van der Waals surface area contributed by atoms with Crippen molar-refractivity contribution >= 4 is 56.8 Å². The van der Waals surface area contributed by atoms with Crippen molar-refractivity contribution in [3.63, 3.8) is 0 Å². The fourth-order valence-corrected chi connectivity index (χ4v) is 6.45. The highest BCUT2D eigenvalue weighted by Crippen LogP contribution is 2.28. The SMILES string of the molecule is CCC(=O)OCCCCCCOc1ccc(C(=O)Oc2ccc(OC(=O)c3ccc(OCCCCCCOC(=O)CC)cc3)c(/C=N/Nc3nc4ccccc4s3)c2)cc1. The van der Waals surface area contributed by atoms with Crippen LogP contribution < -0.4 is 24.4 Å². The second-order valence-electron chi connectivity index (χ2n) is 13.6. The molecule has 5 aromatic rings. The van der Waals surface area contributed by atoms with Gasteiger partial charge in [-0.1, -0.05) is 37.3 Å². The molecule has 1 N–H and O–H groups in total. The van der Waals surface area contributed by atoms with Crippen molar-refractivity contribution in [2.24, 2.45) is 5.10 Å². The Morgan fingerprint density at radius 3 is 1.68 bits per heavy atom. The molecule has 0 saturated carbocycles. The van der Waals surface area contributed by atoms with Gasteiger partial charge in [0.25, 0.3) is 0 Å². The predicted octanol–water partition coefficient (Wildman–Crippen LogP) is 9.97. The van der Waals surface area contributed by atoms with E-state index in [9.17, 15) is 19.2 Å². The van der Waals surface area contributed by atoms with Gasteiger partial charge in [0.2, 0.25) is 5.13 Å². The van der Waals surface area contributed by atoms with Gasteiger partial charge in [0, 0.05) is 18.4 Å². The molecular weight excluding hydrogens is 787 g/mol. The van der Waals surface area contributed by atoms with Gasteiger partial charge in [-0.05, 0) is 130 Å². The number of carbonyl (C=O) groups excluding carboxylic acids is 4. The molecule has 0 unspecified atom stereocenters. The number of ether oxygens (including phenoxy) is 6. The molecule has 0 saturated heterocycles. The summed E-state index contributed by atoms with van der Waals surface area (Å²) in [5, 5.41) is 4.92. The first-order chi connectivity index (χ1) is 29.3. The summed E-state index contributed by atoms with van der Waals surface area (Å²) < 4.78 is 34.4. The van der Waals surface area contributed by atoms with Gasteiger partial charge in [-0.25, -0.2) is 14.6 Å². The highest BCUT2D eigenvalue weighted by Gasteiger charge is 2.15. The minimum absolute atomic E-state index is 0.179. The number of para-hydroxylation sites is 1. The first-order valence-electron chi connectivity index (χ1n) is 20.3. The van der Waals surface area contributed by atoms with Crippen LogP contribution in [0.25, 0.3) is 10.2 Å². The molecule has 0 amide bonds. The number of hydrogen-bond donors (Lipinski definition) is 1.